The van der Waals surface area contributed by atoms with Crippen molar-refractivity contribution in [2.75, 3.05) is 13.2 Å². The second-order valence-corrected chi connectivity index (χ2v) is 15.9. The van der Waals surface area contributed by atoms with E-state index >= 15 is 0 Å². The van der Waals surface area contributed by atoms with Gasteiger partial charge in [0.25, 0.3) is 0 Å². The van der Waals surface area contributed by atoms with Crippen molar-refractivity contribution in [1.29, 1.82) is 0 Å². The largest absolute Gasteiger partial charge is 0.430 e. The van der Waals surface area contributed by atoms with Crippen LogP contribution in [0.4, 0.5) is 0 Å². The molecule has 0 heterocycles. The fourth-order valence-corrected chi connectivity index (χ4v) is 5.99. The summed E-state index contributed by atoms with van der Waals surface area (Å²) in [5, 5.41) is 35.9. The fraction of sp³-hybridized carbons (Fsp3) is 0.269. The van der Waals surface area contributed by atoms with E-state index in [1.807, 2.05) is 0 Å². The van der Waals surface area contributed by atoms with Crippen molar-refractivity contribution in [3.8, 4) is 0 Å². The Bertz CT molecular complexity index is 2690. The number of aliphatic hydroxyl groups excluding tert-OH is 4. The van der Waals surface area contributed by atoms with E-state index in [9.17, 15) is 77.3 Å². The highest BCUT2D eigenvalue weighted by molar-refractivity contribution is 6.03. The van der Waals surface area contributed by atoms with Crippen LogP contribution in [0.2, 0.25) is 0 Å². The quantitative estimate of drug-likeness (QED) is 0.0244. The Morgan fingerprint density at radius 3 is 0.590 bits per heavy atom. The molecule has 0 saturated carbocycles. The highest BCUT2D eigenvalue weighted by Gasteiger charge is 2.23. The first-order valence-electron chi connectivity index (χ1n) is 23.1. The van der Waals surface area contributed by atoms with E-state index in [0.29, 0.717) is 0 Å². The molecule has 0 aromatic heterocycles. The van der Waals surface area contributed by atoms with Gasteiger partial charge in [-0.25, -0.2) is 38.4 Å². The second-order valence-electron chi connectivity index (χ2n) is 15.9. The van der Waals surface area contributed by atoms with Gasteiger partial charge in [0.15, 0.2) is 0 Å². The van der Waals surface area contributed by atoms with Crippen LogP contribution in [0.15, 0.2) is 97.1 Å². The maximum atomic E-state index is 12.5. The standard InChI is InChI=1S/C52H46O26/c53-27-43(61)77-51(69)35-21-17-31(18-22-35)47(65)73-39(57)7-3-1-5-37(55)71-45(63)29-9-13-33(14-10-29)49(67)75-41(59)25-26-42(60)76-50(68)34-15-11-30(12-16-34)46(64)72-38(56)6-2-4-8-40(58)74-48(66)32-19-23-36(24-20-32)52(70)78-44(62)28-54/h9-24,43-44,53-54,61-62H,1-8,25-28H2. The van der Waals surface area contributed by atoms with Crippen LogP contribution in [0, 0.1) is 0 Å². The zero-order valence-corrected chi connectivity index (χ0v) is 40.6. The van der Waals surface area contributed by atoms with Crippen LogP contribution in [0.1, 0.15) is 147 Å². The zero-order valence-electron chi connectivity index (χ0n) is 40.6. The second kappa shape index (κ2) is 30.8. The highest BCUT2D eigenvalue weighted by Crippen LogP contribution is 2.15. The van der Waals surface area contributed by atoms with E-state index in [1.54, 1.807) is 0 Å². The van der Waals surface area contributed by atoms with Gasteiger partial charge in [0.1, 0.15) is 13.2 Å². The van der Waals surface area contributed by atoms with Gasteiger partial charge in [-0.3, -0.25) is 28.8 Å². The van der Waals surface area contributed by atoms with Gasteiger partial charge in [-0.2, -0.15) is 0 Å². The van der Waals surface area contributed by atoms with Gasteiger partial charge in [-0.15, -0.1) is 0 Å². The average Bonchev–Trinajstić information content (AvgIpc) is 3.43. The van der Waals surface area contributed by atoms with Crippen molar-refractivity contribution in [1.82, 2.24) is 0 Å². The molecular formula is C52H46O26. The molecule has 0 fully saturated rings. The predicted molar refractivity (Wildman–Crippen MR) is 251 cm³/mol. The Kier molecular flexibility index (Phi) is 24.1. The van der Waals surface area contributed by atoms with Crippen LogP contribution < -0.4 is 0 Å². The minimum Gasteiger partial charge on any atom is -0.430 e. The molecule has 78 heavy (non-hydrogen) atoms. The number of unbranched alkanes of at least 4 members (excludes halogenated alkanes) is 2. The minimum atomic E-state index is -1.73. The smallest absolute Gasteiger partial charge is 0.345 e. The molecule has 0 aliphatic carbocycles. The average molecular weight is 1090 g/mol. The summed E-state index contributed by atoms with van der Waals surface area (Å²) in [6.45, 7) is -1.64. The molecule has 4 rings (SSSR count). The molecule has 0 spiro atoms. The molecular weight excluding hydrogens is 1040 g/mol. The van der Waals surface area contributed by atoms with E-state index in [1.165, 1.54) is 48.5 Å². The van der Waals surface area contributed by atoms with E-state index in [-0.39, 0.29) is 95.9 Å². The first-order valence-corrected chi connectivity index (χ1v) is 23.1. The van der Waals surface area contributed by atoms with Gasteiger partial charge in [-0.1, -0.05) is 0 Å². The summed E-state index contributed by atoms with van der Waals surface area (Å²) >= 11 is 0. The molecule has 26 heteroatoms. The number of hydrogen-bond acceptors (Lipinski definition) is 26. The Labute approximate surface area is 439 Å². The van der Waals surface area contributed by atoms with Gasteiger partial charge in [-0.05, 0) is 123 Å². The monoisotopic (exact) mass is 1090 g/mol. The van der Waals surface area contributed by atoms with Crippen molar-refractivity contribution in [2.45, 2.75) is 76.8 Å². The molecule has 4 aromatic rings. The van der Waals surface area contributed by atoms with Gasteiger partial charge in [0, 0.05) is 25.7 Å². The normalized spacial score (nSPS) is 11.3. The third-order valence-corrected chi connectivity index (χ3v) is 10.0. The summed E-state index contributed by atoms with van der Waals surface area (Å²) in [6, 6.07) is 18.0. The fourth-order valence-electron chi connectivity index (χ4n) is 5.99. The number of rotatable bonds is 25. The molecule has 4 N–H and O–H groups in total. The number of hydrogen-bond donors (Lipinski definition) is 4. The van der Waals surface area contributed by atoms with Crippen LogP contribution in [0.5, 0.6) is 0 Å². The van der Waals surface area contributed by atoms with Gasteiger partial charge in [0.2, 0.25) is 12.6 Å². The molecule has 410 valence electrons. The molecule has 0 bridgehead atoms. The van der Waals surface area contributed by atoms with E-state index < -0.39 is 122 Å². The third kappa shape index (κ3) is 20.7. The third-order valence-electron chi connectivity index (χ3n) is 10.0. The summed E-state index contributed by atoms with van der Waals surface area (Å²) in [5.41, 5.74) is -1.07. The van der Waals surface area contributed by atoms with Gasteiger partial charge < -0.3 is 58.3 Å². The van der Waals surface area contributed by atoms with Crippen LogP contribution >= 0.6 is 0 Å². The van der Waals surface area contributed by atoms with Crippen molar-refractivity contribution in [3.05, 3.63) is 142 Å². The Hall–Kier alpha value is -9.50. The van der Waals surface area contributed by atoms with Gasteiger partial charge >= 0.3 is 83.6 Å². The lowest BCUT2D eigenvalue weighted by Gasteiger charge is -2.09. The van der Waals surface area contributed by atoms with Crippen LogP contribution in [0.25, 0.3) is 0 Å². The number of carbonyl (C=O) groups excluding carboxylic acids is 14. The van der Waals surface area contributed by atoms with Crippen LogP contribution in [-0.2, 0) is 66.7 Å². The summed E-state index contributed by atoms with van der Waals surface area (Å²) in [6.07, 6.45) is -5.84. The van der Waals surface area contributed by atoms with E-state index in [0.717, 1.165) is 48.5 Å². The summed E-state index contributed by atoms with van der Waals surface area (Å²) < 4.78 is 37.4. The lowest BCUT2D eigenvalue weighted by molar-refractivity contribution is -0.144. The maximum Gasteiger partial charge on any atom is 0.345 e. The van der Waals surface area contributed by atoms with Crippen LogP contribution in [-0.4, -0.2) is 130 Å². The predicted octanol–water partition coefficient (Wildman–Crippen LogP) is 2.72. The summed E-state index contributed by atoms with van der Waals surface area (Å²) in [5.74, 6) is -14.7. The Balaban J connectivity index is 1.07. The van der Waals surface area contributed by atoms with Crippen molar-refractivity contribution < 1.29 is 125 Å². The lowest BCUT2D eigenvalue weighted by atomic mass is 10.1. The maximum absolute atomic E-state index is 12.5. The molecule has 0 radical (unpaired) electrons. The summed E-state index contributed by atoms with van der Waals surface area (Å²) in [4.78, 5) is 171. The van der Waals surface area contributed by atoms with E-state index in [2.05, 4.69) is 18.9 Å². The first-order chi connectivity index (χ1) is 37.1. The molecule has 0 aliphatic heterocycles. The number of carbonyl (C=O) groups is 14. The number of aliphatic hydroxyl groups is 4. The zero-order chi connectivity index (χ0) is 57.3. The molecule has 0 saturated heterocycles. The number of esters is 14. The Morgan fingerprint density at radius 1 is 0.269 bits per heavy atom. The van der Waals surface area contributed by atoms with Crippen molar-refractivity contribution in [3.63, 3.8) is 0 Å². The topological polar surface area (TPSA) is 394 Å². The number of benzene rings is 4. The van der Waals surface area contributed by atoms with Crippen LogP contribution in [0.3, 0.4) is 0 Å². The summed E-state index contributed by atoms with van der Waals surface area (Å²) in [7, 11) is 0. The molecule has 4 aromatic carbocycles. The van der Waals surface area contributed by atoms with Gasteiger partial charge in [0.05, 0.1) is 57.3 Å². The van der Waals surface area contributed by atoms with E-state index in [4.69, 9.17) is 29.2 Å². The molecule has 0 aliphatic rings. The van der Waals surface area contributed by atoms with Crippen molar-refractivity contribution >= 4 is 83.6 Å². The minimum absolute atomic E-state index is 0.0527. The lowest BCUT2D eigenvalue weighted by Crippen LogP contribution is -2.21. The molecule has 0 amide bonds. The first kappa shape index (κ1) is 61.1. The molecule has 2 atom stereocenters. The SMILES string of the molecule is O=C(CCCCC(=O)OC(=O)c1ccc(C(=O)OC(O)CO)cc1)OC(=O)c1ccc(C(=O)OC(=O)CCC(=O)OC(=O)c2ccc(C(=O)OC(=O)CCCCC(=O)OC(=O)c3ccc(C(=O)OC(O)CO)cc3)cc2)cc1. The Morgan fingerprint density at radius 2 is 0.423 bits per heavy atom. The highest BCUT2D eigenvalue weighted by atomic mass is 16.7. The molecule has 2 unspecified atom stereocenters. The van der Waals surface area contributed by atoms with Crippen molar-refractivity contribution in [2.24, 2.45) is 0 Å². The molecule has 26 nitrogen and oxygen atoms in total. The number of ether oxygens (including phenoxy) is 8.